The van der Waals surface area contributed by atoms with E-state index in [1.54, 1.807) is 0 Å². The lowest BCUT2D eigenvalue weighted by molar-refractivity contribution is -0.133. The predicted molar refractivity (Wildman–Crippen MR) is 181 cm³/mol. The number of benzene rings is 2. The Bertz CT molecular complexity index is 1940. The molecule has 2 aromatic carbocycles. The number of likely N-dealkylation sites (tertiary alicyclic amines) is 1. The highest BCUT2D eigenvalue weighted by atomic mass is 19.1. The molecular weight excluding hydrogens is 593 g/mol. The molecule has 47 heavy (non-hydrogen) atoms. The number of halogens is 1. The van der Waals surface area contributed by atoms with Crippen LogP contribution in [-0.2, 0) is 4.79 Å². The molecule has 9 nitrogen and oxygen atoms in total. The first-order valence-electron chi connectivity index (χ1n) is 17.1. The standard InChI is InChI=1S/C37H42FN7O2/c1-4-6-35-45-30-11-9-22(28-19-40-36(42-28)27-17-25(38)18-39-27)14-24(30)15-32(45)26-10-8-23(16-33(26)47-35)29-20-41-37(43-29)31-7-5-12-44(31)34(46)13-21(2)3/h8-11,14-16,19-21,25,27,31,35,39H,4-7,12-13,17-18H2,1-3H3,(H,40,42)(H,41,43). The number of H-pyrrole nitrogens is 2. The van der Waals surface area contributed by atoms with Crippen LogP contribution in [-0.4, -0.2) is 54.6 Å². The molecule has 2 fully saturated rings. The summed E-state index contributed by atoms with van der Waals surface area (Å²) >= 11 is 0. The molecule has 0 radical (unpaired) electrons. The van der Waals surface area contributed by atoms with Gasteiger partial charge in [-0.3, -0.25) is 4.79 Å². The maximum Gasteiger partial charge on any atom is 0.223 e. The van der Waals surface area contributed by atoms with Crippen molar-refractivity contribution >= 4 is 16.8 Å². The van der Waals surface area contributed by atoms with Crippen LogP contribution in [0.4, 0.5) is 4.39 Å². The van der Waals surface area contributed by atoms with E-state index < -0.39 is 6.17 Å². The molecule has 8 rings (SSSR count). The Morgan fingerprint density at radius 2 is 1.81 bits per heavy atom. The van der Waals surface area contributed by atoms with Gasteiger partial charge in [-0.15, -0.1) is 0 Å². The molecule has 4 unspecified atom stereocenters. The van der Waals surface area contributed by atoms with Crippen molar-refractivity contribution in [3.05, 3.63) is 66.5 Å². The fraction of sp³-hybridized carbons (Fsp3) is 0.432. The fourth-order valence-corrected chi connectivity index (χ4v) is 7.58. The van der Waals surface area contributed by atoms with Crippen LogP contribution < -0.4 is 10.1 Å². The second kappa shape index (κ2) is 12.0. The van der Waals surface area contributed by atoms with Gasteiger partial charge < -0.3 is 29.5 Å². The molecule has 10 heteroatoms. The van der Waals surface area contributed by atoms with Crippen LogP contribution in [0.2, 0.25) is 0 Å². The second-order valence-corrected chi connectivity index (χ2v) is 13.7. The number of amides is 1. The number of imidazole rings is 2. The van der Waals surface area contributed by atoms with Gasteiger partial charge in [0, 0.05) is 54.4 Å². The Kier molecular flexibility index (Phi) is 7.63. The Balaban J connectivity index is 1.09. The number of alkyl halides is 1. The lowest BCUT2D eigenvalue weighted by Gasteiger charge is -2.30. The molecule has 0 bridgehead atoms. The third kappa shape index (κ3) is 5.42. The van der Waals surface area contributed by atoms with Gasteiger partial charge in [-0.25, -0.2) is 14.4 Å². The SMILES string of the molecule is CCCC1Oc2cc(-c3cnc(C4CCCN4C(=O)CC(C)C)[nH]3)ccc2-c2cc3cc(-c4cnc(C5CC(F)CN5)[nH]4)ccc3n21. The Hall–Kier alpha value is -4.44. The fourth-order valence-electron chi connectivity index (χ4n) is 7.58. The molecule has 2 saturated heterocycles. The van der Waals surface area contributed by atoms with Crippen LogP contribution in [0.1, 0.15) is 89.3 Å². The first kappa shape index (κ1) is 29.9. The summed E-state index contributed by atoms with van der Waals surface area (Å²) in [6.07, 6.45) is 7.55. The number of aromatic amines is 2. The van der Waals surface area contributed by atoms with Crippen molar-refractivity contribution in [2.45, 2.75) is 83.8 Å². The average molecular weight is 636 g/mol. The summed E-state index contributed by atoms with van der Waals surface area (Å²) in [6.45, 7) is 7.52. The second-order valence-electron chi connectivity index (χ2n) is 13.7. The van der Waals surface area contributed by atoms with Crippen molar-refractivity contribution in [2.75, 3.05) is 13.1 Å². The lowest BCUT2D eigenvalue weighted by Crippen LogP contribution is -2.31. The Morgan fingerprint density at radius 1 is 1.04 bits per heavy atom. The van der Waals surface area contributed by atoms with Crippen molar-refractivity contribution in [3.8, 4) is 39.5 Å². The Morgan fingerprint density at radius 3 is 2.57 bits per heavy atom. The number of hydrogen-bond donors (Lipinski definition) is 3. The van der Waals surface area contributed by atoms with Gasteiger partial charge in [0.25, 0.3) is 0 Å². The lowest BCUT2D eigenvalue weighted by atomic mass is 10.0. The molecule has 0 saturated carbocycles. The molecule has 5 aromatic rings. The number of ether oxygens (including phenoxy) is 1. The van der Waals surface area contributed by atoms with Crippen LogP contribution >= 0.6 is 0 Å². The van der Waals surface area contributed by atoms with Crippen molar-refractivity contribution in [1.82, 2.24) is 34.7 Å². The van der Waals surface area contributed by atoms with E-state index in [4.69, 9.17) is 9.72 Å². The molecule has 3 aromatic heterocycles. The van der Waals surface area contributed by atoms with Crippen LogP contribution in [0.5, 0.6) is 5.75 Å². The quantitative estimate of drug-likeness (QED) is 0.161. The van der Waals surface area contributed by atoms with Crippen molar-refractivity contribution < 1.29 is 13.9 Å². The number of carbonyl (C=O) groups excluding carboxylic acids is 1. The zero-order chi connectivity index (χ0) is 32.2. The van der Waals surface area contributed by atoms with E-state index in [0.717, 1.165) is 94.3 Å². The minimum atomic E-state index is -0.832. The van der Waals surface area contributed by atoms with Gasteiger partial charge in [-0.1, -0.05) is 39.3 Å². The van der Waals surface area contributed by atoms with E-state index in [0.29, 0.717) is 25.3 Å². The molecule has 1 amide bonds. The monoisotopic (exact) mass is 635 g/mol. The van der Waals surface area contributed by atoms with E-state index in [1.165, 1.54) is 0 Å². The van der Waals surface area contributed by atoms with Crippen LogP contribution in [0.3, 0.4) is 0 Å². The summed E-state index contributed by atoms with van der Waals surface area (Å²) in [5, 5.41) is 4.34. The van der Waals surface area contributed by atoms with E-state index >= 15 is 0 Å². The maximum atomic E-state index is 13.8. The van der Waals surface area contributed by atoms with Gasteiger partial charge in [-0.05, 0) is 49.1 Å². The van der Waals surface area contributed by atoms with Crippen LogP contribution in [0, 0.1) is 5.92 Å². The zero-order valence-corrected chi connectivity index (χ0v) is 27.2. The van der Waals surface area contributed by atoms with E-state index in [-0.39, 0.29) is 24.2 Å². The van der Waals surface area contributed by atoms with E-state index in [9.17, 15) is 9.18 Å². The van der Waals surface area contributed by atoms with Crippen molar-refractivity contribution in [2.24, 2.45) is 5.92 Å². The minimum absolute atomic E-state index is 0.00590. The normalized spacial score (nSPS) is 22.2. The maximum absolute atomic E-state index is 13.8. The molecule has 4 atom stereocenters. The van der Waals surface area contributed by atoms with Gasteiger partial charge in [0.1, 0.15) is 23.6 Å². The third-order valence-electron chi connectivity index (χ3n) is 9.87. The van der Waals surface area contributed by atoms with E-state index in [2.05, 4.69) is 88.1 Å². The number of aromatic nitrogens is 5. The van der Waals surface area contributed by atoms with Gasteiger partial charge in [0.05, 0.1) is 47.1 Å². The molecule has 3 N–H and O–H groups in total. The summed E-state index contributed by atoms with van der Waals surface area (Å²) in [6, 6.07) is 15.0. The molecule has 0 aliphatic carbocycles. The molecule has 3 aliphatic heterocycles. The number of hydrogen-bond acceptors (Lipinski definition) is 5. The van der Waals surface area contributed by atoms with Crippen molar-refractivity contribution in [3.63, 3.8) is 0 Å². The highest BCUT2D eigenvalue weighted by Gasteiger charge is 2.33. The summed E-state index contributed by atoms with van der Waals surface area (Å²) in [5.74, 6) is 3.03. The predicted octanol–water partition coefficient (Wildman–Crippen LogP) is 7.86. The number of nitrogens with one attached hydrogen (secondary N) is 3. The number of carbonyl (C=O) groups is 1. The highest BCUT2D eigenvalue weighted by molar-refractivity contribution is 5.92. The summed E-state index contributed by atoms with van der Waals surface area (Å²) in [4.78, 5) is 31.2. The third-order valence-corrected chi connectivity index (χ3v) is 9.87. The molecule has 3 aliphatic rings. The van der Waals surface area contributed by atoms with Gasteiger partial charge >= 0.3 is 0 Å². The topological polar surface area (TPSA) is 104 Å². The molecule has 6 heterocycles. The summed E-state index contributed by atoms with van der Waals surface area (Å²) < 4.78 is 22.8. The van der Waals surface area contributed by atoms with Gasteiger partial charge in [-0.2, -0.15) is 0 Å². The molecule has 244 valence electrons. The van der Waals surface area contributed by atoms with Crippen LogP contribution in [0.15, 0.2) is 54.9 Å². The largest absolute Gasteiger partial charge is 0.469 e. The minimum Gasteiger partial charge on any atom is -0.469 e. The average Bonchev–Trinajstić information content (AvgIpc) is 3.89. The first-order chi connectivity index (χ1) is 22.9. The van der Waals surface area contributed by atoms with Crippen LogP contribution in [0.25, 0.3) is 44.7 Å². The zero-order valence-electron chi connectivity index (χ0n) is 27.2. The first-order valence-corrected chi connectivity index (χ1v) is 17.1. The number of nitrogens with zero attached hydrogens (tertiary/aromatic N) is 4. The number of rotatable bonds is 8. The van der Waals surface area contributed by atoms with Crippen molar-refractivity contribution in [1.29, 1.82) is 0 Å². The Labute approximate surface area is 273 Å². The molecular formula is C37H42FN7O2. The smallest absolute Gasteiger partial charge is 0.223 e. The summed E-state index contributed by atoms with van der Waals surface area (Å²) in [5.41, 5.74) is 7.20. The summed E-state index contributed by atoms with van der Waals surface area (Å²) in [7, 11) is 0. The van der Waals surface area contributed by atoms with E-state index in [1.807, 2.05) is 17.3 Å². The van der Waals surface area contributed by atoms with Gasteiger partial charge in [0.15, 0.2) is 6.23 Å². The number of fused-ring (bicyclic) bond motifs is 5. The highest BCUT2D eigenvalue weighted by Crippen LogP contribution is 2.45. The van der Waals surface area contributed by atoms with Gasteiger partial charge in [0.2, 0.25) is 5.91 Å². The molecule has 0 spiro atoms.